The summed E-state index contributed by atoms with van der Waals surface area (Å²) >= 11 is 0. The molecule has 1 aromatic carbocycles. The zero-order valence-corrected chi connectivity index (χ0v) is 10.5. The molecule has 3 heteroatoms. The van der Waals surface area contributed by atoms with Crippen molar-refractivity contribution in [1.29, 1.82) is 0 Å². The van der Waals surface area contributed by atoms with E-state index in [4.69, 9.17) is 0 Å². The smallest absolute Gasteiger partial charge is 0.157 e. The topological polar surface area (TPSA) is 34.1 Å². The maximum Gasteiger partial charge on any atom is 0.157 e. The van der Waals surface area contributed by atoms with Crippen LogP contribution in [0.4, 0.5) is 0 Å². The molecule has 0 bridgehead atoms. The largest absolute Gasteiger partial charge is 0.228 e. The molecule has 2 rings (SSSR count). The molecule has 1 saturated carbocycles. The quantitative estimate of drug-likeness (QED) is 0.794. The Balaban J connectivity index is 2.51. The molecule has 0 unspecified atom stereocenters. The van der Waals surface area contributed by atoms with Crippen molar-refractivity contribution in [3.63, 3.8) is 0 Å². The van der Waals surface area contributed by atoms with Crippen LogP contribution in [0.1, 0.15) is 37.7 Å². The Morgan fingerprint density at radius 2 is 1.56 bits per heavy atom. The summed E-state index contributed by atoms with van der Waals surface area (Å²) in [6.45, 7) is 0. The lowest BCUT2D eigenvalue weighted by atomic mass is 9.83. The van der Waals surface area contributed by atoms with Gasteiger partial charge in [0.2, 0.25) is 0 Å². The molecule has 0 amide bonds. The number of benzene rings is 1. The molecule has 88 valence electrons. The monoisotopic (exact) mass is 238 g/mol. The first-order valence-corrected chi connectivity index (χ1v) is 7.70. The average molecular weight is 238 g/mol. The van der Waals surface area contributed by atoms with Gasteiger partial charge < -0.3 is 0 Å². The zero-order valence-electron chi connectivity index (χ0n) is 9.65. The van der Waals surface area contributed by atoms with Crippen molar-refractivity contribution in [2.24, 2.45) is 0 Å². The summed E-state index contributed by atoms with van der Waals surface area (Å²) in [6, 6.07) is 9.69. The van der Waals surface area contributed by atoms with Gasteiger partial charge in [-0.25, -0.2) is 8.42 Å². The first-order chi connectivity index (χ1) is 7.56. The van der Waals surface area contributed by atoms with Crippen LogP contribution in [0, 0.1) is 0 Å². The molecule has 2 nitrogen and oxygen atoms in total. The third-order valence-electron chi connectivity index (χ3n) is 3.67. The van der Waals surface area contributed by atoms with Crippen molar-refractivity contribution in [3.8, 4) is 0 Å². The summed E-state index contributed by atoms with van der Waals surface area (Å²) in [7, 11) is -3.04. The first kappa shape index (κ1) is 11.6. The third kappa shape index (κ3) is 1.88. The fourth-order valence-corrected chi connectivity index (χ4v) is 4.33. The van der Waals surface area contributed by atoms with Gasteiger partial charge in [0.1, 0.15) is 0 Å². The Kier molecular flexibility index (Phi) is 3.06. The van der Waals surface area contributed by atoms with Gasteiger partial charge in [0.15, 0.2) is 9.84 Å². The Morgan fingerprint density at radius 3 is 2.06 bits per heavy atom. The van der Waals surface area contributed by atoms with E-state index in [2.05, 4.69) is 0 Å². The van der Waals surface area contributed by atoms with E-state index in [1.54, 1.807) is 0 Å². The van der Waals surface area contributed by atoms with Crippen LogP contribution in [-0.4, -0.2) is 14.7 Å². The van der Waals surface area contributed by atoms with Gasteiger partial charge in [-0.05, 0) is 18.4 Å². The van der Waals surface area contributed by atoms with Crippen molar-refractivity contribution in [3.05, 3.63) is 35.9 Å². The summed E-state index contributed by atoms with van der Waals surface area (Å²) in [5.74, 6) is 0. The summed E-state index contributed by atoms with van der Waals surface area (Å²) in [4.78, 5) is 0. The van der Waals surface area contributed by atoms with Gasteiger partial charge in [-0.15, -0.1) is 0 Å². The fraction of sp³-hybridized carbons (Fsp3) is 0.538. The van der Waals surface area contributed by atoms with Crippen LogP contribution < -0.4 is 0 Å². The van der Waals surface area contributed by atoms with Crippen molar-refractivity contribution in [1.82, 2.24) is 0 Å². The maximum absolute atomic E-state index is 12.1. The molecule has 1 fully saturated rings. The molecule has 0 saturated heterocycles. The van der Waals surface area contributed by atoms with E-state index >= 15 is 0 Å². The van der Waals surface area contributed by atoms with Gasteiger partial charge in [0.05, 0.1) is 4.75 Å². The van der Waals surface area contributed by atoms with Gasteiger partial charge >= 0.3 is 0 Å². The Morgan fingerprint density at radius 1 is 1.00 bits per heavy atom. The highest BCUT2D eigenvalue weighted by atomic mass is 32.2. The summed E-state index contributed by atoms with van der Waals surface area (Å²) in [5, 5.41) is 0. The van der Waals surface area contributed by atoms with E-state index in [0.29, 0.717) is 0 Å². The lowest BCUT2D eigenvalue weighted by Crippen LogP contribution is -2.37. The summed E-state index contributed by atoms with van der Waals surface area (Å²) in [5.41, 5.74) is 0.970. The van der Waals surface area contributed by atoms with E-state index in [9.17, 15) is 8.42 Å². The standard InChI is InChI=1S/C13H18O2S/c1-16(14,15)13(10-6-3-7-11-13)12-8-4-2-5-9-12/h2,4-5,8-9H,3,6-7,10-11H2,1H3. The molecule has 16 heavy (non-hydrogen) atoms. The van der Waals surface area contributed by atoms with E-state index in [-0.39, 0.29) is 0 Å². The highest BCUT2D eigenvalue weighted by Crippen LogP contribution is 2.43. The number of rotatable bonds is 2. The van der Waals surface area contributed by atoms with Gasteiger partial charge in [-0.2, -0.15) is 0 Å². The molecule has 0 aromatic heterocycles. The van der Waals surface area contributed by atoms with Gasteiger partial charge in [-0.1, -0.05) is 49.6 Å². The van der Waals surface area contributed by atoms with Crippen LogP contribution in [0.5, 0.6) is 0 Å². The van der Waals surface area contributed by atoms with E-state index in [1.807, 2.05) is 30.3 Å². The van der Waals surface area contributed by atoms with Gasteiger partial charge in [0.25, 0.3) is 0 Å². The number of sulfone groups is 1. The second kappa shape index (κ2) is 4.21. The summed E-state index contributed by atoms with van der Waals surface area (Å²) < 4.78 is 23.6. The molecule has 1 aliphatic carbocycles. The molecule has 0 atom stereocenters. The van der Waals surface area contributed by atoms with Crippen LogP contribution in [0.15, 0.2) is 30.3 Å². The molecule has 0 spiro atoms. The molecule has 0 heterocycles. The van der Waals surface area contributed by atoms with Crippen molar-refractivity contribution >= 4 is 9.84 Å². The molecule has 0 radical (unpaired) electrons. The predicted molar refractivity (Wildman–Crippen MR) is 66.0 cm³/mol. The third-order valence-corrected chi connectivity index (χ3v) is 5.73. The number of hydrogen-bond donors (Lipinski definition) is 0. The zero-order chi connectivity index (χ0) is 11.6. The first-order valence-electron chi connectivity index (χ1n) is 5.81. The predicted octanol–water partition coefficient (Wildman–Crippen LogP) is 2.89. The second-order valence-electron chi connectivity index (χ2n) is 4.69. The van der Waals surface area contributed by atoms with Crippen LogP contribution in [0.25, 0.3) is 0 Å². The molecular weight excluding hydrogens is 220 g/mol. The maximum atomic E-state index is 12.1. The van der Waals surface area contributed by atoms with Crippen molar-refractivity contribution in [2.75, 3.05) is 6.26 Å². The molecule has 0 N–H and O–H groups in total. The SMILES string of the molecule is CS(=O)(=O)C1(c2ccccc2)CCCCC1. The van der Waals surface area contributed by atoms with Crippen LogP contribution in [-0.2, 0) is 14.6 Å². The van der Waals surface area contributed by atoms with E-state index in [1.165, 1.54) is 6.26 Å². The van der Waals surface area contributed by atoms with Crippen molar-refractivity contribution < 1.29 is 8.42 Å². The Bertz CT molecular complexity index is 442. The van der Waals surface area contributed by atoms with E-state index in [0.717, 1.165) is 37.7 Å². The minimum atomic E-state index is -3.04. The molecular formula is C13H18O2S. The van der Waals surface area contributed by atoms with Crippen molar-refractivity contribution in [2.45, 2.75) is 36.9 Å². The Labute approximate surface area is 97.6 Å². The number of hydrogen-bond acceptors (Lipinski definition) is 2. The fourth-order valence-electron chi connectivity index (χ4n) is 2.74. The van der Waals surface area contributed by atoms with Gasteiger partial charge in [-0.3, -0.25) is 0 Å². The minimum absolute atomic E-state index is 0.619. The molecule has 0 aliphatic heterocycles. The lowest BCUT2D eigenvalue weighted by Gasteiger charge is -2.36. The van der Waals surface area contributed by atoms with Crippen LogP contribution >= 0.6 is 0 Å². The van der Waals surface area contributed by atoms with E-state index < -0.39 is 14.6 Å². The van der Waals surface area contributed by atoms with Gasteiger partial charge in [0, 0.05) is 6.26 Å². The molecule has 1 aliphatic rings. The van der Waals surface area contributed by atoms with Crippen LogP contribution in [0.3, 0.4) is 0 Å². The highest BCUT2D eigenvalue weighted by molar-refractivity contribution is 7.91. The normalized spacial score (nSPS) is 20.6. The van der Waals surface area contributed by atoms with Crippen LogP contribution in [0.2, 0.25) is 0 Å². The molecule has 1 aromatic rings. The highest BCUT2D eigenvalue weighted by Gasteiger charge is 2.42. The average Bonchev–Trinajstić information content (AvgIpc) is 2.30. The Hall–Kier alpha value is -0.830. The second-order valence-corrected chi connectivity index (χ2v) is 7.02. The minimum Gasteiger partial charge on any atom is -0.228 e. The summed E-state index contributed by atoms with van der Waals surface area (Å²) in [6.07, 6.45) is 6.12. The lowest BCUT2D eigenvalue weighted by molar-refractivity contribution is 0.382.